The van der Waals surface area contributed by atoms with Crippen molar-refractivity contribution in [3.05, 3.63) is 0 Å². The van der Waals surface area contributed by atoms with Crippen molar-refractivity contribution in [2.75, 3.05) is 6.67 Å². The molecular weight excluding hydrogens is 179 g/mol. The Morgan fingerprint density at radius 2 is 1.25 bits per heavy atom. The summed E-state index contributed by atoms with van der Waals surface area (Å²) in [5, 5.41) is 0. The fourth-order valence-electron chi connectivity index (χ4n) is 0.678. The zero-order valence-electron chi connectivity index (χ0n) is 7.10. The fraction of sp³-hybridized carbons (Fsp3) is 1.00. The van der Waals surface area contributed by atoms with E-state index in [1.165, 1.54) is 0 Å². The molecule has 0 saturated heterocycles. The Kier molecular flexibility index (Phi) is 2.77. The van der Waals surface area contributed by atoms with E-state index in [2.05, 4.69) is 0 Å². The predicted molar refractivity (Wildman–Crippen MR) is 35.3 cm³/mol. The van der Waals surface area contributed by atoms with Crippen molar-refractivity contribution >= 4 is 0 Å². The van der Waals surface area contributed by atoms with Crippen molar-refractivity contribution in [1.29, 1.82) is 0 Å². The lowest BCUT2D eigenvalue weighted by Crippen LogP contribution is -2.50. The normalized spacial score (nSPS) is 15.0. The van der Waals surface area contributed by atoms with Gasteiger partial charge in [0.25, 0.3) is 0 Å². The molecule has 0 bridgehead atoms. The van der Waals surface area contributed by atoms with E-state index in [9.17, 15) is 22.0 Å². The minimum atomic E-state index is -4.32. The summed E-state index contributed by atoms with van der Waals surface area (Å²) in [7, 11) is 0. The third kappa shape index (κ3) is 1.69. The van der Waals surface area contributed by atoms with Crippen molar-refractivity contribution < 1.29 is 22.0 Å². The first-order valence-corrected chi connectivity index (χ1v) is 3.38. The van der Waals surface area contributed by atoms with Gasteiger partial charge in [-0.2, -0.15) is 8.78 Å². The molecule has 5 heteroatoms. The monoisotopic (exact) mass is 190 g/mol. The average Bonchev–Trinajstić information content (AvgIpc) is 1.85. The van der Waals surface area contributed by atoms with E-state index in [-0.39, 0.29) is 6.92 Å². The lowest BCUT2D eigenvalue weighted by atomic mass is 9.84. The molecule has 0 saturated carbocycles. The van der Waals surface area contributed by atoms with E-state index in [1.807, 2.05) is 0 Å². The molecule has 0 atom stereocenters. The Bertz CT molecular complexity index is 156. The molecule has 0 aromatic carbocycles. The van der Waals surface area contributed by atoms with E-state index in [0.717, 1.165) is 13.8 Å². The van der Waals surface area contributed by atoms with Crippen LogP contribution in [-0.4, -0.2) is 18.5 Å². The molecule has 0 rings (SSSR count). The van der Waals surface area contributed by atoms with Crippen molar-refractivity contribution in [3.63, 3.8) is 0 Å². The second-order valence-electron chi connectivity index (χ2n) is 3.48. The van der Waals surface area contributed by atoms with Crippen LogP contribution in [0, 0.1) is 5.41 Å². The lowest BCUT2D eigenvalue weighted by molar-refractivity contribution is -0.254. The van der Waals surface area contributed by atoms with Crippen molar-refractivity contribution in [2.45, 2.75) is 32.6 Å². The zero-order chi connectivity index (χ0) is 10.2. The Balaban J connectivity index is 4.85. The van der Waals surface area contributed by atoms with E-state index in [0.29, 0.717) is 0 Å². The van der Waals surface area contributed by atoms with Gasteiger partial charge in [0, 0.05) is 6.92 Å². The summed E-state index contributed by atoms with van der Waals surface area (Å²) in [5.41, 5.74) is -2.33. The number of rotatable bonds is 3. The van der Waals surface area contributed by atoms with Crippen LogP contribution in [0.2, 0.25) is 0 Å². The maximum absolute atomic E-state index is 12.7. The maximum atomic E-state index is 12.7. The molecule has 0 heterocycles. The summed E-state index contributed by atoms with van der Waals surface area (Å²) >= 11 is 0. The number of hydrogen-bond acceptors (Lipinski definition) is 0. The number of halogens is 5. The van der Waals surface area contributed by atoms with Crippen LogP contribution in [0.3, 0.4) is 0 Å². The first kappa shape index (κ1) is 11.6. The molecule has 0 fully saturated rings. The predicted octanol–water partition coefficient (Wildman–Crippen LogP) is 3.27. The SMILES string of the molecule is CC(F)(F)C(F)(F)C(C)(C)CF. The highest BCUT2D eigenvalue weighted by molar-refractivity contribution is 4.93. The van der Waals surface area contributed by atoms with Crippen LogP contribution in [0.25, 0.3) is 0 Å². The van der Waals surface area contributed by atoms with E-state index in [4.69, 9.17) is 0 Å². The summed E-state index contributed by atoms with van der Waals surface area (Å²) in [6, 6.07) is 0. The van der Waals surface area contributed by atoms with Crippen LogP contribution >= 0.6 is 0 Å². The van der Waals surface area contributed by atoms with Crippen LogP contribution in [0.5, 0.6) is 0 Å². The average molecular weight is 190 g/mol. The van der Waals surface area contributed by atoms with Crippen molar-refractivity contribution in [3.8, 4) is 0 Å². The molecule has 12 heavy (non-hydrogen) atoms. The largest absolute Gasteiger partial charge is 0.317 e. The second kappa shape index (κ2) is 2.85. The quantitative estimate of drug-likeness (QED) is 0.599. The van der Waals surface area contributed by atoms with Crippen LogP contribution < -0.4 is 0 Å². The van der Waals surface area contributed by atoms with E-state index >= 15 is 0 Å². The highest BCUT2D eigenvalue weighted by Gasteiger charge is 2.61. The molecule has 0 amide bonds. The van der Waals surface area contributed by atoms with Gasteiger partial charge in [0.2, 0.25) is 0 Å². The van der Waals surface area contributed by atoms with Crippen molar-refractivity contribution in [2.24, 2.45) is 5.41 Å². The Labute approximate surface area is 67.8 Å². The topological polar surface area (TPSA) is 0 Å². The van der Waals surface area contributed by atoms with Gasteiger partial charge in [0.05, 0.1) is 5.41 Å². The van der Waals surface area contributed by atoms with Crippen LogP contribution in [0.4, 0.5) is 22.0 Å². The highest BCUT2D eigenvalue weighted by atomic mass is 19.3. The molecule has 0 nitrogen and oxygen atoms in total. The molecule has 0 radical (unpaired) electrons. The van der Waals surface area contributed by atoms with Crippen LogP contribution in [-0.2, 0) is 0 Å². The summed E-state index contributed by atoms with van der Waals surface area (Å²) < 4.78 is 62.0. The van der Waals surface area contributed by atoms with Gasteiger partial charge < -0.3 is 0 Å². The van der Waals surface area contributed by atoms with Crippen LogP contribution in [0.1, 0.15) is 20.8 Å². The summed E-state index contributed by atoms with van der Waals surface area (Å²) in [5.74, 6) is -8.52. The van der Waals surface area contributed by atoms with Gasteiger partial charge in [-0.25, -0.2) is 8.78 Å². The molecular formula is C7H11F5. The first-order chi connectivity index (χ1) is 5.06. The molecule has 0 aromatic rings. The van der Waals surface area contributed by atoms with Gasteiger partial charge in [0.15, 0.2) is 0 Å². The van der Waals surface area contributed by atoms with Crippen molar-refractivity contribution in [1.82, 2.24) is 0 Å². The van der Waals surface area contributed by atoms with Gasteiger partial charge in [-0.3, -0.25) is 4.39 Å². The molecule has 0 aromatic heterocycles. The molecule has 0 aliphatic rings. The molecule has 74 valence electrons. The van der Waals surface area contributed by atoms with Crippen LogP contribution in [0.15, 0.2) is 0 Å². The molecule has 0 aliphatic heterocycles. The number of hydrogen-bond donors (Lipinski definition) is 0. The smallest absolute Gasteiger partial charge is 0.250 e. The maximum Gasteiger partial charge on any atom is 0.317 e. The molecule has 0 unspecified atom stereocenters. The summed E-state index contributed by atoms with van der Waals surface area (Å²) in [6.45, 7) is 0.142. The van der Waals surface area contributed by atoms with Gasteiger partial charge in [-0.15, -0.1) is 0 Å². The van der Waals surface area contributed by atoms with Gasteiger partial charge in [0.1, 0.15) is 6.67 Å². The third-order valence-electron chi connectivity index (χ3n) is 1.74. The van der Waals surface area contributed by atoms with Gasteiger partial charge >= 0.3 is 11.8 Å². The minimum absolute atomic E-state index is 0.0877. The lowest BCUT2D eigenvalue weighted by Gasteiger charge is -2.35. The third-order valence-corrected chi connectivity index (χ3v) is 1.74. The number of alkyl halides is 5. The van der Waals surface area contributed by atoms with Gasteiger partial charge in [-0.05, 0) is 0 Å². The summed E-state index contributed by atoms with van der Waals surface area (Å²) in [6.07, 6.45) is 0. The zero-order valence-corrected chi connectivity index (χ0v) is 7.10. The summed E-state index contributed by atoms with van der Waals surface area (Å²) in [4.78, 5) is 0. The van der Waals surface area contributed by atoms with E-state index in [1.54, 1.807) is 0 Å². The van der Waals surface area contributed by atoms with Gasteiger partial charge in [-0.1, -0.05) is 13.8 Å². The first-order valence-electron chi connectivity index (χ1n) is 3.38. The Morgan fingerprint density at radius 3 is 1.33 bits per heavy atom. The highest BCUT2D eigenvalue weighted by Crippen LogP contribution is 2.46. The fourth-order valence-corrected chi connectivity index (χ4v) is 0.678. The second-order valence-corrected chi connectivity index (χ2v) is 3.48. The molecule has 0 N–H and O–H groups in total. The molecule has 0 aliphatic carbocycles. The molecule has 0 spiro atoms. The minimum Gasteiger partial charge on any atom is -0.250 e. The Hall–Kier alpha value is -0.350. The Morgan fingerprint density at radius 1 is 0.917 bits per heavy atom. The standard InChI is InChI=1S/C7H11F5/c1-5(2,4-8)7(11,12)6(3,9)10/h4H2,1-3H3. The van der Waals surface area contributed by atoms with E-state index < -0.39 is 23.9 Å².